The van der Waals surface area contributed by atoms with Crippen LogP contribution in [0.25, 0.3) is 0 Å². The largest absolute Gasteiger partial charge is 0.482 e. The monoisotopic (exact) mass is 293 g/mol. The second kappa shape index (κ2) is 6.13. The predicted octanol–water partition coefficient (Wildman–Crippen LogP) is 1.97. The Labute approximate surface area is 123 Å². The van der Waals surface area contributed by atoms with Gasteiger partial charge in [0.25, 0.3) is 5.91 Å². The number of benzene rings is 1. The van der Waals surface area contributed by atoms with Crippen molar-refractivity contribution in [3.8, 4) is 5.75 Å². The van der Waals surface area contributed by atoms with Gasteiger partial charge < -0.3 is 19.9 Å². The first-order valence-electron chi connectivity index (χ1n) is 6.81. The number of aryl methyl sites for hydroxylation is 1. The van der Waals surface area contributed by atoms with Gasteiger partial charge in [-0.1, -0.05) is 0 Å². The minimum absolute atomic E-state index is 0.165. The van der Waals surface area contributed by atoms with Crippen LogP contribution in [0.3, 0.4) is 0 Å². The van der Waals surface area contributed by atoms with Crippen molar-refractivity contribution in [2.45, 2.75) is 32.3 Å². The van der Waals surface area contributed by atoms with Crippen molar-refractivity contribution in [3.63, 3.8) is 0 Å². The van der Waals surface area contributed by atoms with Gasteiger partial charge in [0.2, 0.25) is 0 Å². The zero-order valence-electron chi connectivity index (χ0n) is 12.1. The Hall–Kier alpha value is -2.08. The lowest BCUT2D eigenvalue weighted by atomic mass is 10.0. The second-order valence-corrected chi connectivity index (χ2v) is 5.30. The third kappa shape index (κ3) is 3.72. The van der Waals surface area contributed by atoms with Gasteiger partial charge in [-0.05, 0) is 50.5 Å². The van der Waals surface area contributed by atoms with E-state index in [1.807, 2.05) is 6.92 Å². The average molecular weight is 293 g/mol. The molecule has 2 N–H and O–H groups in total. The summed E-state index contributed by atoms with van der Waals surface area (Å²) in [6, 6.07) is 5.02. The summed E-state index contributed by atoms with van der Waals surface area (Å²) in [5.41, 5.74) is 0.692. The summed E-state index contributed by atoms with van der Waals surface area (Å²) in [7, 11) is 0. The summed E-state index contributed by atoms with van der Waals surface area (Å²) in [5.74, 6) is -0.741. The molecule has 1 atom stereocenters. The van der Waals surface area contributed by atoms with Crippen LogP contribution in [-0.4, -0.2) is 35.8 Å². The smallest absolute Gasteiger partial charge is 0.341 e. The van der Waals surface area contributed by atoms with Crippen molar-refractivity contribution in [2.75, 3.05) is 18.5 Å². The number of carboxylic acid groups (broad SMARTS) is 1. The molecule has 0 bridgehead atoms. The van der Waals surface area contributed by atoms with Crippen LogP contribution < -0.4 is 10.1 Å². The molecule has 6 heteroatoms. The number of rotatable bonds is 5. The fraction of sp³-hybridized carbons (Fsp3) is 0.467. The number of ether oxygens (including phenoxy) is 2. The SMILES string of the molecule is Cc1cc(OCC(=O)O)ccc1NC(=O)C1(C)CCCO1. The number of carbonyl (C=O) groups excluding carboxylic acids is 1. The normalized spacial score (nSPS) is 21.0. The molecule has 0 saturated carbocycles. The number of hydrogen-bond acceptors (Lipinski definition) is 4. The summed E-state index contributed by atoms with van der Waals surface area (Å²) in [6.07, 6.45) is 1.59. The zero-order chi connectivity index (χ0) is 15.5. The molecule has 1 heterocycles. The lowest BCUT2D eigenvalue weighted by Gasteiger charge is -2.22. The van der Waals surface area contributed by atoms with E-state index in [2.05, 4.69) is 5.32 Å². The van der Waals surface area contributed by atoms with Crippen LogP contribution in [0.5, 0.6) is 5.75 Å². The van der Waals surface area contributed by atoms with Crippen LogP contribution in [0.1, 0.15) is 25.3 Å². The van der Waals surface area contributed by atoms with E-state index in [1.54, 1.807) is 25.1 Å². The highest BCUT2D eigenvalue weighted by Gasteiger charge is 2.37. The summed E-state index contributed by atoms with van der Waals surface area (Å²) in [6.45, 7) is 3.82. The van der Waals surface area contributed by atoms with Crippen molar-refractivity contribution in [2.24, 2.45) is 0 Å². The van der Waals surface area contributed by atoms with Gasteiger partial charge in [0.05, 0.1) is 0 Å². The van der Waals surface area contributed by atoms with E-state index < -0.39 is 18.2 Å². The number of anilines is 1. The third-order valence-corrected chi connectivity index (χ3v) is 3.51. The average Bonchev–Trinajstić information content (AvgIpc) is 2.87. The van der Waals surface area contributed by atoms with E-state index in [0.717, 1.165) is 12.0 Å². The van der Waals surface area contributed by atoms with Crippen molar-refractivity contribution in [1.82, 2.24) is 0 Å². The molecule has 1 aliphatic heterocycles. The minimum atomic E-state index is -1.03. The van der Waals surface area contributed by atoms with Crippen molar-refractivity contribution in [3.05, 3.63) is 23.8 Å². The number of nitrogens with one attached hydrogen (secondary N) is 1. The first-order chi connectivity index (χ1) is 9.90. The van der Waals surface area contributed by atoms with E-state index in [1.165, 1.54) is 0 Å². The molecule has 21 heavy (non-hydrogen) atoms. The summed E-state index contributed by atoms with van der Waals surface area (Å²) >= 11 is 0. The van der Waals surface area contributed by atoms with Gasteiger partial charge in [-0.25, -0.2) is 4.79 Å². The van der Waals surface area contributed by atoms with Crippen LogP contribution in [0.4, 0.5) is 5.69 Å². The van der Waals surface area contributed by atoms with Gasteiger partial charge in [-0.2, -0.15) is 0 Å². The van der Waals surface area contributed by atoms with E-state index in [4.69, 9.17) is 14.6 Å². The third-order valence-electron chi connectivity index (χ3n) is 3.51. The molecule has 6 nitrogen and oxygen atoms in total. The molecule has 1 amide bonds. The lowest BCUT2D eigenvalue weighted by Crippen LogP contribution is -2.39. The molecule has 1 aromatic rings. The number of amides is 1. The Morgan fingerprint density at radius 1 is 1.48 bits per heavy atom. The highest BCUT2D eigenvalue weighted by molar-refractivity contribution is 5.97. The maximum Gasteiger partial charge on any atom is 0.341 e. The fourth-order valence-electron chi connectivity index (χ4n) is 2.22. The first-order valence-corrected chi connectivity index (χ1v) is 6.81. The van der Waals surface area contributed by atoms with Gasteiger partial charge in [0, 0.05) is 12.3 Å². The number of carbonyl (C=O) groups is 2. The molecule has 0 spiro atoms. The van der Waals surface area contributed by atoms with Gasteiger partial charge in [0.1, 0.15) is 11.4 Å². The molecule has 0 aliphatic carbocycles. The Morgan fingerprint density at radius 3 is 2.81 bits per heavy atom. The maximum absolute atomic E-state index is 12.2. The van der Waals surface area contributed by atoms with Crippen LogP contribution in [-0.2, 0) is 14.3 Å². The zero-order valence-corrected chi connectivity index (χ0v) is 12.1. The topological polar surface area (TPSA) is 84.9 Å². The summed E-state index contributed by atoms with van der Waals surface area (Å²) < 4.78 is 10.6. The Balaban J connectivity index is 2.03. The molecule has 1 aliphatic rings. The number of hydrogen-bond donors (Lipinski definition) is 2. The standard InChI is InChI=1S/C15H19NO5/c1-10-8-11(20-9-13(17)18)4-5-12(10)16-14(19)15(2)6-3-7-21-15/h4-5,8H,3,6-7,9H2,1-2H3,(H,16,19)(H,17,18). The van der Waals surface area contributed by atoms with Crippen molar-refractivity contribution < 1.29 is 24.2 Å². The number of aliphatic carboxylic acids is 1. The van der Waals surface area contributed by atoms with E-state index in [-0.39, 0.29) is 5.91 Å². The van der Waals surface area contributed by atoms with Crippen LogP contribution in [0.2, 0.25) is 0 Å². The Kier molecular flexibility index (Phi) is 4.47. The molecular formula is C15H19NO5. The van der Waals surface area contributed by atoms with Crippen molar-refractivity contribution in [1.29, 1.82) is 0 Å². The highest BCUT2D eigenvalue weighted by Crippen LogP contribution is 2.28. The predicted molar refractivity (Wildman–Crippen MR) is 76.5 cm³/mol. The highest BCUT2D eigenvalue weighted by atomic mass is 16.5. The molecule has 0 radical (unpaired) electrons. The van der Waals surface area contributed by atoms with Crippen LogP contribution >= 0.6 is 0 Å². The molecule has 0 aromatic heterocycles. The summed E-state index contributed by atoms with van der Waals surface area (Å²) in [4.78, 5) is 22.7. The van der Waals surface area contributed by atoms with Gasteiger partial charge >= 0.3 is 5.97 Å². The van der Waals surface area contributed by atoms with Gasteiger partial charge in [-0.3, -0.25) is 4.79 Å². The Morgan fingerprint density at radius 2 is 2.24 bits per heavy atom. The molecule has 1 saturated heterocycles. The molecule has 114 valence electrons. The molecule has 1 aromatic carbocycles. The van der Waals surface area contributed by atoms with E-state index in [9.17, 15) is 9.59 Å². The fourth-order valence-corrected chi connectivity index (χ4v) is 2.22. The molecular weight excluding hydrogens is 274 g/mol. The molecule has 1 unspecified atom stereocenters. The van der Waals surface area contributed by atoms with Crippen molar-refractivity contribution >= 4 is 17.6 Å². The van der Waals surface area contributed by atoms with Crippen LogP contribution in [0.15, 0.2) is 18.2 Å². The van der Waals surface area contributed by atoms with Gasteiger partial charge in [-0.15, -0.1) is 0 Å². The quantitative estimate of drug-likeness (QED) is 0.867. The first kappa shape index (κ1) is 15.3. The lowest BCUT2D eigenvalue weighted by molar-refractivity contribution is -0.139. The molecule has 2 rings (SSSR count). The van der Waals surface area contributed by atoms with Crippen LogP contribution in [0, 0.1) is 6.92 Å². The maximum atomic E-state index is 12.2. The van der Waals surface area contributed by atoms with Gasteiger partial charge in [0.15, 0.2) is 6.61 Å². The minimum Gasteiger partial charge on any atom is -0.482 e. The Bertz CT molecular complexity index is 549. The summed E-state index contributed by atoms with van der Waals surface area (Å²) in [5, 5.41) is 11.4. The molecule has 1 fully saturated rings. The second-order valence-electron chi connectivity index (χ2n) is 5.30. The van der Waals surface area contributed by atoms with E-state index >= 15 is 0 Å². The van der Waals surface area contributed by atoms with E-state index in [0.29, 0.717) is 24.5 Å². The number of carboxylic acids is 1.